The molecule has 0 aromatic carbocycles. The van der Waals surface area contributed by atoms with Crippen molar-refractivity contribution in [1.82, 2.24) is 0 Å². The van der Waals surface area contributed by atoms with Gasteiger partial charge in [0.05, 0.1) is 4.83 Å². The molecule has 0 bridgehead atoms. The van der Waals surface area contributed by atoms with E-state index in [0.29, 0.717) is 5.88 Å². The molecule has 1 nitrogen and oxygen atoms in total. The van der Waals surface area contributed by atoms with Gasteiger partial charge in [-0.15, -0.1) is 11.6 Å². The molecule has 0 saturated carbocycles. The zero-order valence-electron chi connectivity index (χ0n) is 3.95. The first-order chi connectivity index (χ1) is 3.18. The van der Waals surface area contributed by atoms with Gasteiger partial charge >= 0.3 is 0 Å². The molecule has 0 aromatic rings. The Bertz CT molecular complexity index is 74.1. The lowest BCUT2D eigenvalue weighted by Gasteiger charge is -1.94. The van der Waals surface area contributed by atoms with Gasteiger partial charge in [-0.2, -0.15) is 0 Å². The molecule has 0 fully saturated rings. The predicted molar refractivity (Wildman–Crippen MR) is 34.1 cm³/mol. The molecule has 0 spiro atoms. The first-order valence-corrected chi connectivity index (χ1v) is 3.34. The average Bonchev–Trinajstić information content (AvgIpc) is 1.65. The Hall–Kier alpha value is 0.440. The van der Waals surface area contributed by atoms with E-state index in [-0.39, 0.29) is 10.6 Å². The third-order valence-corrected chi connectivity index (χ3v) is 2.23. The number of ketones is 1. The third kappa shape index (κ3) is 3.06. The lowest BCUT2D eigenvalue weighted by molar-refractivity contribution is -0.116. The van der Waals surface area contributed by atoms with E-state index in [0.717, 1.165) is 0 Å². The average molecular weight is 185 g/mol. The Kier molecular flexibility index (Phi) is 3.66. The maximum atomic E-state index is 10.2. The third-order valence-electron chi connectivity index (χ3n) is 0.577. The van der Waals surface area contributed by atoms with Crippen LogP contribution < -0.4 is 0 Å². The number of rotatable bonds is 2. The molecule has 0 aliphatic heterocycles. The van der Waals surface area contributed by atoms with Crippen LogP contribution in [-0.4, -0.2) is 16.5 Å². The first-order valence-electron chi connectivity index (χ1n) is 1.89. The van der Waals surface area contributed by atoms with E-state index in [2.05, 4.69) is 15.9 Å². The Labute approximate surface area is 56.2 Å². The number of Topliss-reactive ketones (excluding diaryl/α,β-unsaturated/α-hetero) is 1. The summed E-state index contributed by atoms with van der Waals surface area (Å²) in [6.07, 6.45) is 0. The van der Waals surface area contributed by atoms with Crippen LogP contribution in [0.2, 0.25) is 0 Å². The highest BCUT2D eigenvalue weighted by molar-refractivity contribution is 9.10. The van der Waals surface area contributed by atoms with E-state index in [1.807, 2.05) is 0 Å². The molecule has 7 heavy (non-hydrogen) atoms. The maximum absolute atomic E-state index is 10.2. The second-order valence-corrected chi connectivity index (χ2v) is 2.65. The summed E-state index contributed by atoms with van der Waals surface area (Å²) in [6, 6.07) is 0. The molecule has 0 aliphatic rings. The fourth-order valence-corrected chi connectivity index (χ4v) is 0.326. The highest BCUT2D eigenvalue weighted by Gasteiger charge is 2.05. The largest absolute Gasteiger partial charge is 0.299 e. The molecule has 1 atom stereocenters. The summed E-state index contributed by atoms with van der Waals surface area (Å²) >= 11 is 8.34. The molecule has 0 aliphatic carbocycles. The number of halogens is 2. The number of hydrogen-bond acceptors (Lipinski definition) is 1. The molecular formula is C4H6BrClO. The van der Waals surface area contributed by atoms with Gasteiger partial charge in [-0.05, 0) is 6.92 Å². The quantitative estimate of drug-likeness (QED) is 0.597. The van der Waals surface area contributed by atoms with Gasteiger partial charge in [0.15, 0.2) is 0 Å². The number of carbonyl (C=O) groups is 1. The van der Waals surface area contributed by atoms with Gasteiger partial charge < -0.3 is 0 Å². The standard InChI is InChI=1S/C4H6BrClO/c1-3(7)4(5)2-6/h4H,2H2,1H3. The van der Waals surface area contributed by atoms with E-state index in [1.54, 1.807) is 0 Å². The van der Waals surface area contributed by atoms with Crippen LogP contribution in [-0.2, 0) is 4.79 Å². The second-order valence-electron chi connectivity index (χ2n) is 1.23. The molecule has 0 aromatic heterocycles. The lowest BCUT2D eigenvalue weighted by atomic mass is 10.4. The van der Waals surface area contributed by atoms with Gasteiger partial charge in [-0.25, -0.2) is 0 Å². The van der Waals surface area contributed by atoms with Gasteiger partial charge in [-0.1, -0.05) is 15.9 Å². The minimum atomic E-state index is -0.158. The van der Waals surface area contributed by atoms with E-state index in [1.165, 1.54) is 6.92 Å². The van der Waals surface area contributed by atoms with Crippen molar-refractivity contribution in [2.24, 2.45) is 0 Å². The Morgan fingerprint density at radius 3 is 2.43 bits per heavy atom. The van der Waals surface area contributed by atoms with E-state index >= 15 is 0 Å². The number of carbonyl (C=O) groups excluding carboxylic acids is 1. The lowest BCUT2D eigenvalue weighted by Crippen LogP contribution is -2.09. The highest BCUT2D eigenvalue weighted by atomic mass is 79.9. The topological polar surface area (TPSA) is 17.1 Å². The summed E-state index contributed by atoms with van der Waals surface area (Å²) in [6.45, 7) is 1.50. The van der Waals surface area contributed by atoms with Crippen LogP contribution in [0, 0.1) is 0 Å². The zero-order valence-corrected chi connectivity index (χ0v) is 6.29. The normalized spacial score (nSPS) is 13.6. The molecule has 0 saturated heterocycles. The van der Waals surface area contributed by atoms with Crippen molar-refractivity contribution < 1.29 is 4.79 Å². The predicted octanol–water partition coefficient (Wildman–Crippen LogP) is 1.58. The van der Waals surface area contributed by atoms with Crippen LogP contribution >= 0.6 is 27.5 Å². The summed E-state index contributed by atoms with van der Waals surface area (Å²) in [4.78, 5) is 10.1. The van der Waals surface area contributed by atoms with Crippen LogP contribution in [0.5, 0.6) is 0 Å². The van der Waals surface area contributed by atoms with E-state index in [9.17, 15) is 4.79 Å². The maximum Gasteiger partial charge on any atom is 0.144 e. The van der Waals surface area contributed by atoms with Crippen molar-refractivity contribution in [2.45, 2.75) is 11.8 Å². The van der Waals surface area contributed by atoms with E-state index in [4.69, 9.17) is 11.6 Å². The Morgan fingerprint density at radius 1 is 2.00 bits per heavy atom. The summed E-state index contributed by atoms with van der Waals surface area (Å²) in [5.41, 5.74) is 0. The minimum absolute atomic E-state index is 0.0787. The van der Waals surface area contributed by atoms with Crippen molar-refractivity contribution in [2.75, 3.05) is 5.88 Å². The smallest absolute Gasteiger partial charge is 0.144 e. The summed E-state index contributed by atoms with van der Waals surface area (Å²) < 4.78 is 0. The molecule has 42 valence electrons. The molecule has 0 amide bonds. The van der Waals surface area contributed by atoms with Gasteiger partial charge in [0.2, 0.25) is 0 Å². The van der Waals surface area contributed by atoms with Crippen molar-refractivity contribution >= 4 is 33.3 Å². The van der Waals surface area contributed by atoms with Crippen LogP contribution in [0.1, 0.15) is 6.92 Å². The molecule has 1 unspecified atom stereocenters. The number of alkyl halides is 2. The van der Waals surface area contributed by atoms with Crippen molar-refractivity contribution in [1.29, 1.82) is 0 Å². The SMILES string of the molecule is CC(=O)C(Br)CCl. The van der Waals surface area contributed by atoms with Gasteiger partial charge in [0.1, 0.15) is 5.78 Å². The zero-order chi connectivity index (χ0) is 5.86. The van der Waals surface area contributed by atoms with E-state index < -0.39 is 0 Å². The monoisotopic (exact) mass is 184 g/mol. The van der Waals surface area contributed by atoms with Crippen molar-refractivity contribution in [3.05, 3.63) is 0 Å². The van der Waals surface area contributed by atoms with Gasteiger partial charge in [0, 0.05) is 5.88 Å². The second kappa shape index (κ2) is 3.44. The van der Waals surface area contributed by atoms with Crippen LogP contribution in [0.3, 0.4) is 0 Å². The fraction of sp³-hybridized carbons (Fsp3) is 0.750. The highest BCUT2D eigenvalue weighted by Crippen LogP contribution is 2.01. The summed E-state index contributed by atoms with van der Waals surface area (Å²) in [5, 5.41) is 0. The molecule has 0 radical (unpaired) electrons. The van der Waals surface area contributed by atoms with Crippen molar-refractivity contribution in [3.8, 4) is 0 Å². The van der Waals surface area contributed by atoms with Crippen molar-refractivity contribution in [3.63, 3.8) is 0 Å². The molecule has 0 heterocycles. The Morgan fingerprint density at radius 2 is 2.43 bits per heavy atom. The molecular weight excluding hydrogens is 179 g/mol. The Balaban J connectivity index is 3.34. The van der Waals surface area contributed by atoms with Gasteiger partial charge in [-0.3, -0.25) is 4.79 Å². The summed E-state index contributed by atoms with van der Waals surface area (Å²) in [7, 11) is 0. The fourth-order valence-electron chi connectivity index (χ4n) is 0.109. The molecule has 0 rings (SSSR count). The first kappa shape index (κ1) is 7.44. The number of hydrogen-bond donors (Lipinski definition) is 0. The van der Waals surface area contributed by atoms with Gasteiger partial charge in [0.25, 0.3) is 0 Å². The van der Waals surface area contributed by atoms with Crippen LogP contribution in [0.15, 0.2) is 0 Å². The van der Waals surface area contributed by atoms with Crippen LogP contribution in [0.4, 0.5) is 0 Å². The molecule has 0 N–H and O–H groups in total. The van der Waals surface area contributed by atoms with Crippen LogP contribution in [0.25, 0.3) is 0 Å². The summed E-state index contributed by atoms with van der Waals surface area (Å²) in [5.74, 6) is 0.435. The molecule has 3 heteroatoms. The minimum Gasteiger partial charge on any atom is -0.299 e.